The average molecular weight is 440 g/mol. The van der Waals surface area contributed by atoms with Crippen LogP contribution in [0, 0.1) is 0 Å². The molecule has 0 spiro atoms. The number of thiazole rings is 2. The maximum absolute atomic E-state index is 12.5. The molecule has 8 nitrogen and oxygen atoms in total. The van der Waals surface area contributed by atoms with Crippen LogP contribution in [-0.4, -0.2) is 39.8 Å². The molecule has 1 aromatic carbocycles. The molecule has 2 amide bonds. The second-order valence-electron chi connectivity index (χ2n) is 6.82. The smallest absolute Gasteiger partial charge is 0.293 e. The Bertz CT molecular complexity index is 1180. The van der Waals surface area contributed by atoms with Gasteiger partial charge in [-0.25, -0.2) is 9.97 Å². The summed E-state index contributed by atoms with van der Waals surface area (Å²) in [5, 5.41) is 6.82. The fourth-order valence-electron chi connectivity index (χ4n) is 3.29. The van der Waals surface area contributed by atoms with E-state index >= 15 is 0 Å². The molecular weight excluding hydrogens is 422 g/mol. The van der Waals surface area contributed by atoms with Gasteiger partial charge in [0.1, 0.15) is 0 Å². The summed E-state index contributed by atoms with van der Waals surface area (Å²) in [6.07, 6.45) is 2.19. The number of hydrogen-bond acceptors (Lipinski definition) is 8. The number of anilines is 2. The largest absolute Gasteiger partial charge is 0.459 e. The summed E-state index contributed by atoms with van der Waals surface area (Å²) >= 11 is 2.90. The molecule has 4 aromatic rings. The Balaban J connectivity index is 1.19. The molecule has 1 aliphatic rings. The van der Waals surface area contributed by atoms with E-state index in [0.717, 1.165) is 33.8 Å². The number of para-hydroxylation sites is 1. The van der Waals surface area contributed by atoms with Crippen LogP contribution in [0.3, 0.4) is 0 Å². The van der Waals surface area contributed by atoms with Crippen LogP contribution in [0.1, 0.15) is 21.1 Å². The molecule has 10 heteroatoms. The van der Waals surface area contributed by atoms with Crippen LogP contribution in [0.4, 0.5) is 10.3 Å². The topological polar surface area (TPSA) is 100 Å². The van der Waals surface area contributed by atoms with Crippen molar-refractivity contribution in [2.24, 2.45) is 0 Å². The summed E-state index contributed by atoms with van der Waals surface area (Å²) in [4.78, 5) is 36.7. The van der Waals surface area contributed by atoms with E-state index in [9.17, 15) is 9.59 Å². The first-order chi connectivity index (χ1) is 14.6. The number of rotatable bonds is 5. The van der Waals surface area contributed by atoms with Gasteiger partial charge in [-0.1, -0.05) is 23.5 Å². The lowest BCUT2D eigenvalue weighted by atomic mass is 10.2. The lowest BCUT2D eigenvalue weighted by molar-refractivity contribution is -0.117. The van der Waals surface area contributed by atoms with Crippen molar-refractivity contribution in [1.82, 2.24) is 14.9 Å². The van der Waals surface area contributed by atoms with E-state index in [4.69, 9.17) is 4.42 Å². The summed E-state index contributed by atoms with van der Waals surface area (Å²) in [5.41, 5.74) is 1.85. The number of hydrogen-bond donors (Lipinski definition) is 2. The van der Waals surface area contributed by atoms with Gasteiger partial charge in [0.15, 0.2) is 16.0 Å². The van der Waals surface area contributed by atoms with Crippen LogP contribution in [-0.2, 0) is 17.8 Å². The molecule has 0 bridgehead atoms. The third-order valence-corrected chi connectivity index (χ3v) is 6.63. The van der Waals surface area contributed by atoms with Crippen LogP contribution in [0.15, 0.2) is 47.1 Å². The molecule has 152 valence electrons. The number of aromatic nitrogens is 2. The van der Waals surface area contributed by atoms with Crippen LogP contribution in [0.5, 0.6) is 0 Å². The number of nitrogens with zero attached hydrogens (tertiary/aromatic N) is 3. The SMILES string of the molecule is O=C(CN1CCc2nc(NC(=O)c3ccco3)sc2C1)Nc1nc2ccccc2s1. The molecule has 2 N–H and O–H groups in total. The van der Waals surface area contributed by atoms with E-state index in [1.54, 1.807) is 12.1 Å². The van der Waals surface area contributed by atoms with E-state index in [1.807, 2.05) is 24.3 Å². The fourth-order valence-corrected chi connectivity index (χ4v) is 5.22. The van der Waals surface area contributed by atoms with Crippen LogP contribution in [0.25, 0.3) is 10.2 Å². The van der Waals surface area contributed by atoms with Crippen molar-refractivity contribution in [3.8, 4) is 0 Å². The van der Waals surface area contributed by atoms with Gasteiger partial charge in [-0.15, -0.1) is 11.3 Å². The van der Waals surface area contributed by atoms with Crippen LogP contribution >= 0.6 is 22.7 Å². The molecule has 5 rings (SSSR count). The fraction of sp³-hybridized carbons (Fsp3) is 0.200. The monoisotopic (exact) mass is 439 g/mol. The van der Waals surface area contributed by atoms with Gasteiger partial charge in [0, 0.05) is 24.4 Å². The molecule has 0 atom stereocenters. The van der Waals surface area contributed by atoms with Crippen molar-refractivity contribution in [3.63, 3.8) is 0 Å². The van der Waals surface area contributed by atoms with Crippen LogP contribution in [0.2, 0.25) is 0 Å². The van der Waals surface area contributed by atoms with Gasteiger partial charge in [-0.05, 0) is 24.3 Å². The van der Waals surface area contributed by atoms with Gasteiger partial charge in [0.25, 0.3) is 5.91 Å². The molecular formula is C20H17N5O3S2. The van der Waals surface area contributed by atoms with Crippen molar-refractivity contribution in [1.29, 1.82) is 0 Å². The van der Waals surface area contributed by atoms with Crippen LogP contribution < -0.4 is 10.6 Å². The molecule has 3 aromatic heterocycles. The Morgan fingerprint density at radius 2 is 1.93 bits per heavy atom. The van der Waals surface area contributed by atoms with E-state index in [1.165, 1.54) is 28.9 Å². The normalized spacial score (nSPS) is 13.9. The lowest BCUT2D eigenvalue weighted by Gasteiger charge is -2.24. The number of amides is 2. The Morgan fingerprint density at radius 1 is 1.07 bits per heavy atom. The number of benzene rings is 1. The molecule has 0 fully saturated rings. The van der Waals surface area contributed by atoms with Crippen molar-refractivity contribution in [2.45, 2.75) is 13.0 Å². The Morgan fingerprint density at radius 3 is 2.77 bits per heavy atom. The second-order valence-corrected chi connectivity index (χ2v) is 8.93. The molecule has 0 saturated carbocycles. The zero-order valence-electron chi connectivity index (χ0n) is 15.8. The third-order valence-electron chi connectivity index (χ3n) is 4.68. The first-order valence-corrected chi connectivity index (χ1v) is 11.0. The summed E-state index contributed by atoms with van der Waals surface area (Å²) < 4.78 is 6.15. The molecule has 1 aliphatic heterocycles. The Kier molecular flexibility index (Phi) is 5.03. The van der Waals surface area contributed by atoms with E-state index in [-0.39, 0.29) is 24.1 Å². The minimum atomic E-state index is -0.321. The summed E-state index contributed by atoms with van der Waals surface area (Å²) in [7, 11) is 0. The van der Waals surface area contributed by atoms with Crippen molar-refractivity contribution in [2.75, 3.05) is 23.7 Å². The molecule has 0 saturated heterocycles. The van der Waals surface area contributed by atoms with Crippen molar-refractivity contribution >= 4 is 55.0 Å². The van der Waals surface area contributed by atoms with Gasteiger partial charge in [-0.2, -0.15) is 0 Å². The average Bonchev–Trinajstić information content (AvgIpc) is 3.46. The number of fused-ring (bicyclic) bond motifs is 2. The first kappa shape index (κ1) is 18.9. The quantitative estimate of drug-likeness (QED) is 0.493. The highest BCUT2D eigenvalue weighted by Gasteiger charge is 2.23. The Labute approximate surface area is 179 Å². The van der Waals surface area contributed by atoms with E-state index < -0.39 is 0 Å². The number of carbonyl (C=O) groups is 2. The lowest BCUT2D eigenvalue weighted by Crippen LogP contribution is -2.36. The zero-order chi connectivity index (χ0) is 20.5. The minimum absolute atomic E-state index is 0.0895. The molecule has 0 unspecified atom stereocenters. The zero-order valence-corrected chi connectivity index (χ0v) is 17.4. The van der Waals surface area contributed by atoms with Crippen molar-refractivity contribution in [3.05, 3.63) is 59.0 Å². The maximum atomic E-state index is 12.5. The maximum Gasteiger partial charge on any atom is 0.293 e. The summed E-state index contributed by atoms with van der Waals surface area (Å²) in [6.45, 7) is 1.63. The first-order valence-electron chi connectivity index (χ1n) is 9.35. The number of carbonyl (C=O) groups excluding carboxylic acids is 2. The summed E-state index contributed by atoms with van der Waals surface area (Å²) in [5.74, 6) is -0.164. The Hall–Kier alpha value is -3.08. The van der Waals surface area contributed by atoms with Gasteiger partial charge in [0.2, 0.25) is 5.91 Å². The standard InChI is InChI=1S/C20H17N5O3S2/c26-17(23-19-21-12-4-1-2-6-15(12)29-19)11-25-8-7-13-16(10-25)30-20(22-13)24-18(27)14-5-3-9-28-14/h1-6,9H,7-8,10-11H2,(H,21,23,26)(H,22,24,27). The molecule has 0 radical (unpaired) electrons. The highest BCUT2D eigenvalue weighted by Crippen LogP contribution is 2.29. The molecule has 0 aliphatic carbocycles. The highest BCUT2D eigenvalue weighted by molar-refractivity contribution is 7.22. The second kappa shape index (κ2) is 7.98. The van der Waals surface area contributed by atoms with E-state index in [0.29, 0.717) is 16.8 Å². The van der Waals surface area contributed by atoms with E-state index in [2.05, 4.69) is 25.5 Å². The molecule has 4 heterocycles. The van der Waals surface area contributed by atoms with Crippen molar-refractivity contribution < 1.29 is 14.0 Å². The van der Waals surface area contributed by atoms with Gasteiger partial charge < -0.3 is 9.73 Å². The summed E-state index contributed by atoms with van der Waals surface area (Å²) in [6, 6.07) is 11.1. The minimum Gasteiger partial charge on any atom is -0.459 e. The highest BCUT2D eigenvalue weighted by atomic mass is 32.1. The van der Waals surface area contributed by atoms with Gasteiger partial charge in [-0.3, -0.25) is 19.8 Å². The molecule has 30 heavy (non-hydrogen) atoms. The third kappa shape index (κ3) is 3.97. The number of furan rings is 1. The van der Waals surface area contributed by atoms with Gasteiger partial charge in [0.05, 0.1) is 28.7 Å². The predicted octanol–water partition coefficient (Wildman–Crippen LogP) is 3.59. The predicted molar refractivity (Wildman–Crippen MR) is 116 cm³/mol. The number of nitrogens with one attached hydrogen (secondary N) is 2. The van der Waals surface area contributed by atoms with Gasteiger partial charge >= 0.3 is 0 Å².